The first-order valence-electron chi connectivity index (χ1n) is 8.87. The molecule has 1 aliphatic rings. The molecule has 6 heteroatoms. The van der Waals surface area contributed by atoms with Gasteiger partial charge >= 0.3 is 0 Å². The van der Waals surface area contributed by atoms with Crippen molar-refractivity contribution in [3.63, 3.8) is 0 Å². The van der Waals surface area contributed by atoms with E-state index in [0.29, 0.717) is 5.96 Å². The number of hydrogen-bond acceptors (Lipinski definition) is 2. The highest BCUT2D eigenvalue weighted by Gasteiger charge is 2.21. The lowest BCUT2D eigenvalue weighted by molar-refractivity contribution is 0.467. The molecule has 1 aliphatic heterocycles. The van der Waals surface area contributed by atoms with E-state index in [-0.39, 0.29) is 18.2 Å². The van der Waals surface area contributed by atoms with Crippen molar-refractivity contribution < 1.29 is 8.78 Å². The zero-order chi connectivity index (χ0) is 18.4. The van der Waals surface area contributed by atoms with Gasteiger partial charge in [0.1, 0.15) is 11.6 Å². The highest BCUT2D eigenvalue weighted by atomic mass is 19.1. The average molecular weight is 358 g/mol. The highest BCUT2D eigenvalue weighted by Crippen LogP contribution is 2.19. The number of halogens is 2. The Morgan fingerprint density at radius 3 is 2.77 bits per heavy atom. The predicted molar refractivity (Wildman–Crippen MR) is 101 cm³/mol. The number of para-hydroxylation sites is 1. The highest BCUT2D eigenvalue weighted by molar-refractivity contribution is 5.80. The number of nitrogens with one attached hydrogen (secondary N) is 2. The summed E-state index contributed by atoms with van der Waals surface area (Å²) >= 11 is 0. The van der Waals surface area contributed by atoms with Crippen LogP contribution < -0.4 is 15.5 Å². The van der Waals surface area contributed by atoms with Crippen LogP contribution in [0.3, 0.4) is 0 Å². The third-order valence-corrected chi connectivity index (χ3v) is 4.56. The van der Waals surface area contributed by atoms with Gasteiger partial charge in [-0.1, -0.05) is 18.2 Å². The zero-order valence-corrected chi connectivity index (χ0v) is 14.9. The summed E-state index contributed by atoms with van der Waals surface area (Å²) in [5, 5.41) is 6.46. The molecule has 1 atom stereocenters. The smallest absolute Gasteiger partial charge is 0.191 e. The first-order valence-corrected chi connectivity index (χ1v) is 8.87. The first kappa shape index (κ1) is 18.2. The molecule has 0 bridgehead atoms. The van der Waals surface area contributed by atoms with E-state index in [2.05, 4.69) is 32.7 Å². The molecule has 26 heavy (non-hydrogen) atoms. The molecule has 3 rings (SSSR count). The van der Waals surface area contributed by atoms with Gasteiger partial charge in [-0.3, -0.25) is 4.99 Å². The maximum absolute atomic E-state index is 13.7. The summed E-state index contributed by atoms with van der Waals surface area (Å²) < 4.78 is 27.0. The van der Waals surface area contributed by atoms with Crippen LogP contribution >= 0.6 is 0 Å². The van der Waals surface area contributed by atoms with Crippen molar-refractivity contribution in [1.29, 1.82) is 0 Å². The summed E-state index contributed by atoms with van der Waals surface area (Å²) in [4.78, 5) is 6.55. The average Bonchev–Trinajstić information content (AvgIpc) is 2.68. The van der Waals surface area contributed by atoms with Crippen LogP contribution in [0.2, 0.25) is 0 Å². The standard InChI is InChI=1S/C20H24F2N4/c1-23-20(24-13-15-12-16(21)9-10-19(15)22)25-17-6-5-11-26(14-17)18-7-3-2-4-8-18/h2-4,7-10,12,17H,5-6,11,13-14H2,1H3,(H2,23,24,25). The van der Waals surface area contributed by atoms with Crippen LogP contribution in [0.5, 0.6) is 0 Å². The molecular weight excluding hydrogens is 334 g/mol. The Labute approximate surface area is 152 Å². The van der Waals surface area contributed by atoms with E-state index in [1.54, 1.807) is 7.05 Å². The second-order valence-electron chi connectivity index (χ2n) is 6.43. The minimum Gasteiger partial charge on any atom is -0.369 e. The summed E-state index contributed by atoms with van der Waals surface area (Å²) in [5.41, 5.74) is 1.49. The van der Waals surface area contributed by atoms with Crippen molar-refractivity contribution in [2.45, 2.75) is 25.4 Å². The van der Waals surface area contributed by atoms with Crippen LogP contribution in [0.1, 0.15) is 18.4 Å². The predicted octanol–water partition coefficient (Wildman–Crippen LogP) is 3.30. The van der Waals surface area contributed by atoms with E-state index in [1.165, 1.54) is 11.8 Å². The van der Waals surface area contributed by atoms with Crippen molar-refractivity contribution in [1.82, 2.24) is 10.6 Å². The van der Waals surface area contributed by atoms with Crippen LogP contribution in [0.15, 0.2) is 53.5 Å². The summed E-state index contributed by atoms with van der Waals surface area (Å²) in [6.45, 7) is 2.08. The van der Waals surface area contributed by atoms with Crippen molar-refractivity contribution in [3.05, 3.63) is 65.7 Å². The van der Waals surface area contributed by atoms with E-state index in [9.17, 15) is 8.78 Å². The quantitative estimate of drug-likeness (QED) is 0.651. The lowest BCUT2D eigenvalue weighted by atomic mass is 10.0. The summed E-state index contributed by atoms with van der Waals surface area (Å²) in [5.74, 6) is -0.284. The van der Waals surface area contributed by atoms with Crippen molar-refractivity contribution in [3.8, 4) is 0 Å². The second kappa shape index (κ2) is 8.65. The maximum atomic E-state index is 13.7. The van der Waals surface area contributed by atoms with Gasteiger partial charge in [0.05, 0.1) is 0 Å². The van der Waals surface area contributed by atoms with E-state index in [0.717, 1.165) is 38.1 Å². The largest absolute Gasteiger partial charge is 0.369 e. The molecule has 0 radical (unpaired) electrons. The Hall–Kier alpha value is -2.63. The molecule has 4 nitrogen and oxygen atoms in total. The first-order chi connectivity index (χ1) is 12.7. The van der Waals surface area contributed by atoms with Crippen molar-refractivity contribution >= 4 is 11.6 Å². The molecular formula is C20H24F2N4. The summed E-state index contributed by atoms with van der Waals surface area (Å²) in [7, 11) is 1.68. The van der Waals surface area contributed by atoms with Crippen LogP contribution in [0, 0.1) is 11.6 Å². The van der Waals surface area contributed by atoms with Gasteiger partial charge in [-0.25, -0.2) is 8.78 Å². The van der Waals surface area contributed by atoms with Crippen LogP contribution in [-0.4, -0.2) is 32.1 Å². The molecule has 2 N–H and O–H groups in total. The van der Waals surface area contributed by atoms with Gasteiger partial charge in [0, 0.05) is 44.0 Å². The SMILES string of the molecule is CN=C(NCc1cc(F)ccc1F)NC1CCCN(c2ccccc2)C1. The Balaban J connectivity index is 1.57. The van der Waals surface area contributed by atoms with Gasteiger partial charge < -0.3 is 15.5 Å². The molecule has 1 saturated heterocycles. The third-order valence-electron chi connectivity index (χ3n) is 4.56. The van der Waals surface area contributed by atoms with Crippen molar-refractivity contribution in [2.24, 2.45) is 4.99 Å². The van der Waals surface area contributed by atoms with Gasteiger partial charge in [0.25, 0.3) is 0 Å². The monoisotopic (exact) mass is 358 g/mol. The zero-order valence-electron chi connectivity index (χ0n) is 14.9. The van der Waals surface area contributed by atoms with Gasteiger partial charge in [-0.05, 0) is 43.2 Å². The van der Waals surface area contributed by atoms with Gasteiger partial charge in [0.15, 0.2) is 5.96 Å². The molecule has 1 fully saturated rings. The van der Waals surface area contributed by atoms with E-state index < -0.39 is 11.6 Å². The number of nitrogens with zero attached hydrogens (tertiary/aromatic N) is 2. The Bertz CT molecular complexity index is 749. The molecule has 0 amide bonds. The Morgan fingerprint density at radius 1 is 1.19 bits per heavy atom. The molecule has 138 valence electrons. The molecule has 0 saturated carbocycles. The topological polar surface area (TPSA) is 39.7 Å². The Morgan fingerprint density at radius 2 is 2.00 bits per heavy atom. The van der Waals surface area contributed by atoms with E-state index in [4.69, 9.17) is 0 Å². The molecule has 0 aliphatic carbocycles. The third kappa shape index (κ3) is 4.71. The fourth-order valence-corrected chi connectivity index (χ4v) is 3.21. The van der Waals surface area contributed by atoms with Gasteiger partial charge in [-0.2, -0.15) is 0 Å². The number of rotatable bonds is 4. The van der Waals surface area contributed by atoms with Crippen molar-refractivity contribution in [2.75, 3.05) is 25.0 Å². The molecule has 1 unspecified atom stereocenters. The number of guanidine groups is 1. The number of piperidine rings is 1. The number of anilines is 1. The van der Waals surface area contributed by atoms with E-state index in [1.807, 2.05) is 18.2 Å². The fourth-order valence-electron chi connectivity index (χ4n) is 3.21. The minimum atomic E-state index is -0.447. The lowest BCUT2D eigenvalue weighted by Gasteiger charge is -2.35. The molecule has 1 heterocycles. The lowest BCUT2D eigenvalue weighted by Crippen LogP contribution is -2.51. The van der Waals surface area contributed by atoms with Gasteiger partial charge in [0.2, 0.25) is 0 Å². The molecule has 0 aromatic heterocycles. The van der Waals surface area contributed by atoms with E-state index >= 15 is 0 Å². The normalized spacial score (nSPS) is 17.9. The number of aliphatic imine (C=N–C) groups is 1. The number of benzene rings is 2. The Kier molecular flexibility index (Phi) is 6.04. The van der Waals surface area contributed by atoms with Crippen LogP contribution in [0.4, 0.5) is 14.5 Å². The van der Waals surface area contributed by atoms with Gasteiger partial charge in [-0.15, -0.1) is 0 Å². The summed E-state index contributed by atoms with van der Waals surface area (Å²) in [6, 6.07) is 14.0. The molecule has 0 spiro atoms. The number of hydrogen-bond donors (Lipinski definition) is 2. The second-order valence-corrected chi connectivity index (χ2v) is 6.43. The maximum Gasteiger partial charge on any atom is 0.191 e. The van der Waals surface area contributed by atoms with Crippen LogP contribution in [-0.2, 0) is 6.54 Å². The molecule has 2 aromatic rings. The minimum absolute atomic E-state index is 0.179. The van der Waals surface area contributed by atoms with Crippen LogP contribution in [0.25, 0.3) is 0 Å². The fraction of sp³-hybridized carbons (Fsp3) is 0.350. The molecule has 2 aromatic carbocycles. The summed E-state index contributed by atoms with van der Waals surface area (Å²) in [6.07, 6.45) is 2.13.